The van der Waals surface area contributed by atoms with Crippen LogP contribution in [0, 0.1) is 10.1 Å². The monoisotopic (exact) mass is 426 g/mol. The number of methoxy groups -OCH3 is 1. The molecule has 0 saturated heterocycles. The second kappa shape index (κ2) is 8.63. The molecule has 162 valence electrons. The molecule has 0 radical (unpaired) electrons. The van der Waals surface area contributed by atoms with Gasteiger partial charge in [0.05, 0.1) is 17.6 Å². The Morgan fingerprint density at radius 1 is 1.10 bits per heavy atom. The maximum Gasteiger partial charge on any atom is 0.338 e. The molecule has 0 spiro atoms. The highest BCUT2D eigenvalue weighted by molar-refractivity contribution is 5.99. The van der Waals surface area contributed by atoms with Crippen molar-refractivity contribution in [3.8, 4) is 11.5 Å². The van der Waals surface area contributed by atoms with Crippen LogP contribution in [0.2, 0.25) is 0 Å². The predicted molar refractivity (Wildman–Crippen MR) is 109 cm³/mol. The third kappa shape index (κ3) is 4.30. The summed E-state index contributed by atoms with van der Waals surface area (Å²) in [7, 11) is 1.19. The Morgan fingerprint density at radius 3 is 2.52 bits per heavy atom. The summed E-state index contributed by atoms with van der Waals surface area (Å²) in [6.45, 7) is 0.477. The molecule has 1 heterocycles. The Balaban J connectivity index is 1.68. The van der Waals surface area contributed by atoms with Gasteiger partial charge < -0.3 is 19.1 Å². The average molecular weight is 426 g/mol. The number of non-ortho nitro benzene ring substituents is 1. The summed E-state index contributed by atoms with van der Waals surface area (Å²) in [5.41, 5.74) is 0.584. The van der Waals surface area contributed by atoms with E-state index in [4.69, 9.17) is 14.2 Å². The molecule has 0 atom stereocenters. The van der Waals surface area contributed by atoms with E-state index in [1.54, 1.807) is 11.0 Å². The van der Waals surface area contributed by atoms with Crippen LogP contribution in [0.3, 0.4) is 0 Å². The van der Waals surface area contributed by atoms with Gasteiger partial charge in [-0.15, -0.1) is 0 Å². The molecule has 9 heteroatoms. The van der Waals surface area contributed by atoms with Gasteiger partial charge in [-0.3, -0.25) is 14.9 Å². The number of hydrogen-bond acceptors (Lipinski definition) is 7. The number of ether oxygens (including phenoxy) is 3. The Kier molecular flexibility index (Phi) is 5.75. The van der Waals surface area contributed by atoms with Crippen LogP contribution in [0.25, 0.3) is 0 Å². The molecule has 0 unspecified atom stereocenters. The molecule has 0 aromatic heterocycles. The van der Waals surface area contributed by atoms with Crippen molar-refractivity contribution in [2.24, 2.45) is 0 Å². The Morgan fingerprint density at radius 2 is 1.81 bits per heavy atom. The van der Waals surface area contributed by atoms with Gasteiger partial charge in [-0.1, -0.05) is 18.9 Å². The van der Waals surface area contributed by atoms with Crippen molar-refractivity contribution in [2.45, 2.75) is 38.3 Å². The number of nitro groups is 1. The van der Waals surface area contributed by atoms with E-state index in [2.05, 4.69) is 0 Å². The van der Waals surface area contributed by atoms with Crippen molar-refractivity contribution >= 4 is 17.6 Å². The van der Waals surface area contributed by atoms with Crippen LogP contribution in [0.4, 0.5) is 5.69 Å². The summed E-state index contributed by atoms with van der Waals surface area (Å²) >= 11 is 0. The fourth-order valence-electron chi connectivity index (χ4n) is 4.06. The SMILES string of the molecule is COC(=O)c1cc(C(=O)N(Cc2ccc3c(c2)OCO3)C2CCCC2)cc([N+](=O)[O-])c1. The Labute approximate surface area is 178 Å². The van der Waals surface area contributed by atoms with Crippen LogP contribution in [0.1, 0.15) is 52.0 Å². The van der Waals surface area contributed by atoms with Crippen LogP contribution < -0.4 is 9.47 Å². The molecule has 1 amide bonds. The maximum atomic E-state index is 13.5. The van der Waals surface area contributed by atoms with Crippen molar-refractivity contribution in [2.75, 3.05) is 13.9 Å². The zero-order valence-corrected chi connectivity index (χ0v) is 17.0. The molecule has 1 fully saturated rings. The molecule has 4 rings (SSSR count). The largest absolute Gasteiger partial charge is 0.465 e. The lowest BCUT2D eigenvalue weighted by Gasteiger charge is -2.29. The van der Waals surface area contributed by atoms with Gasteiger partial charge in [-0.25, -0.2) is 4.79 Å². The molecule has 31 heavy (non-hydrogen) atoms. The van der Waals surface area contributed by atoms with Crippen molar-refractivity contribution in [1.82, 2.24) is 4.90 Å². The summed E-state index contributed by atoms with van der Waals surface area (Å²) in [4.78, 5) is 38.0. The number of hydrogen-bond donors (Lipinski definition) is 0. The number of carbonyl (C=O) groups excluding carboxylic acids is 2. The predicted octanol–water partition coefficient (Wildman–Crippen LogP) is 3.70. The number of esters is 1. The first-order valence-electron chi connectivity index (χ1n) is 10.0. The van der Waals surface area contributed by atoms with Crippen molar-refractivity contribution in [3.63, 3.8) is 0 Å². The highest BCUT2D eigenvalue weighted by atomic mass is 16.7. The summed E-state index contributed by atoms with van der Waals surface area (Å²) in [5.74, 6) is 0.183. The molecule has 1 aliphatic heterocycles. The molecule has 1 aliphatic carbocycles. The summed E-state index contributed by atoms with van der Waals surface area (Å²) in [5, 5.41) is 11.4. The first-order valence-corrected chi connectivity index (χ1v) is 10.0. The number of benzene rings is 2. The topological polar surface area (TPSA) is 108 Å². The number of rotatable bonds is 6. The summed E-state index contributed by atoms with van der Waals surface area (Å²) in [6, 6.07) is 9.19. The van der Waals surface area contributed by atoms with E-state index < -0.39 is 10.9 Å². The lowest BCUT2D eigenvalue weighted by Crippen LogP contribution is -2.38. The van der Waals surface area contributed by atoms with E-state index in [0.717, 1.165) is 37.3 Å². The van der Waals surface area contributed by atoms with E-state index in [-0.39, 0.29) is 35.6 Å². The van der Waals surface area contributed by atoms with E-state index in [1.807, 2.05) is 12.1 Å². The van der Waals surface area contributed by atoms with Gasteiger partial charge >= 0.3 is 5.97 Å². The standard InChI is InChI=1S/C22H22N2O7/c1-29-22(26)16-9-15(10-18(11-16)24(27)28)21(25)23(17-4-2-3-5-17)12-14-6-7-19-20(8-14)31-13-30-19/h6-11,17H,2-5,12-13H2,1H3. The number of fused-ring (bicyclic) bond motifs is 1. The molecule has 0 N–H and O–H groups in total. The van der Waals surface area contributed by atoms with Gasteiger partial charge in [0, 0.05) is 30.3 Å². The van der Waals surface area contributed by atoms with E-state index in [9.17, 15) is 19.7 Å². The second-order valence-corrected chi connectivity index (χ2v) is 7.58. The van der Waals surface area contributed by atoms with Gasteiger partial charge in [0.25, 0.3) is 11.6 Å². The lowest BCUT2D eigenvalue weighted by molar-refractivity contribution is -0.384. The van der Waals surface area contributed by atoms with Crippen LogP contribution in [0.15, 0.2) is 36.4 Å². The Hall–Kier alpha value is -3.62. The third-order valence-corrected chi connectivity index (χ3v) is 5.61. The summed E-state index contributed by atoms with van der Waals surface area (Å²) in [6.07, 6.45) is 3.74. The molecule has 9 nitrogen and oxygen atoms in total. The normalized spacial score (nSPS) is 15.0. The van der Waals surface area contributed by atoms with Crippen LogP contribution in [-0.2, 0) is 11.3 Å². The van der Waals surface area contributed by atoms with Gasteiger partial charge in [0.1, 0.15) is 0 Å². The van der Waals surface area contributed by atoms with E-state index in [0.29, 0.717) is 18.0 Å². The minimum Gasteiger partial charge on any atom is -0.465 e. The first-order chi connectivity index (χ1) is 15.0. The number of amides is 1. The maximum absolute atomic E-state index is 13.5. The fourth-order valence-corrected chi connectivity index (χ4v) is 4.06. The van der Waals surface area contributed by atoms with Gasteiger partial charge in [0.2, 0.25) is 6.79 Å². The molecule has 0 bridgehead atoms. The van der Waals surface area contributed by atoms with Gasteiger partial charge in [-0.2, -0.15) is 0 Å². The smallest absolute Gasteiger partial charge is 0.338 e. The van der Waals surface area contributed by atoms with Crippen molar-refractivity contribution < 1.29 is 28.7 Å². The van der Waals surface area contributed by atoms with Crippen LogP contribution in [-0.4, -0.2) is 41.6 Å². The molecular formula is C22H22N2O7. The number of carbonyl (C=O) groups is 2. The highest BCUT2D eigenvalue weighted by Crippen LogP contribution is 2.34. The number of nitrogens with zero attached hydrogens (tertiary/aromatic N) is 2. The van der Waals surface area contributed by atoms with Crippen molar-refractivity contribution in [1.29, 1.82) is 0 Å². The zero-order chi connectivity index (χ0) is 22.0. The minimum atomic E-state index is -0.735. The van der Waals surface area contributed by atoms with E-state index >= 15 is 0 Å². The van der Waals surface area contributed by atoms with Gasteiger partial charge in [-0.05, 0) is 36.6 Å². The Bertz CT molecular complexity index is 1030. The first kappa shape index (κ1) is 20.6. The molecular weight excluding hydrogens is 404 g/mol. The molecule has 2 aromatic rings. The molecule has 2 aliphatic rings. The minimum absolute atomic E-state index is 0.0127. The second-order valence-electron chi connectivity index (χ2n) is 7.58. The fraction of sp³-hybridized carbons (Fsp3) is 0.364. The molecule has 2 aromatic carbocycles. The van der Waals surface area contributed by atoms with Crippen LogP contribution >= 0.6 is 0 Å². The summed E-state index contributed by atoms with van der Waals surface area (Å²) < 4.78 is 15.5. The third-order valence-electron chi connectivity index (χ3n) is 5.61. The quantitative estimate of drug-likeness (QED) is 0.394. The van der Waals surface area contributed by atoms with Crippen molar-refractivity contribution in [3.05, 3.63) is 63.2 Å². The van der Waals surface area contributed by atoms with Gasteiger partial charge in [0.15, 0.2) is 11.5 Å². The van der Waals surface area contributed by atoms with E-state index in [1.165, 1.54) is 19.2 Å². The molecule has 1 saturated carbocycles. The average Bonchev–Trinajstić information content (AvgIpc) is 3.47. The van der Waals surface area contributed by atoms with Crippen LogP contribution in [0.5, 0.6) is 11.5 Å². The zero-order valence-electron chi connectivity index (χ0n) is 17.0. The lowest BCUT2D eigenvalue weighted by atomic mass is 10.1. The highest BCUT2D eigenvalue weighted by Gasteiger charge is 2.30. The number of nitro benzene ring substituents is 1.